The Morgan fingerprint density at radius 3 is 2.75 bits per heavy atom. The van der Waals surface area contributed by atoms with Crippen molar-refractivity contribution in [3.63, 3.8) is 0 Å². The van der Waals surface area contributed by atoms with E-state index in [2.05, 4.69) is 50.6 Å². The highest BCUT2D eigenvalue weighted by Gasteiger charge is 2.22. The molecule has 1 atom stereocenters. The first kappa shape index (κ1) is 25.5. The van der Waals surface area contributed by atoms with Gasteiger partial charge >= 0.3 is 0 Å². The summed E-state index contributed by atoms with van der Waals surface area (Å²) < 4.78 is 5.30. The SMILES string of the molecule is Cc1ccn2nc(C(C)Nc3ncnc4[nH]cc(-c5cnn(CCCN(C)C)c5)c34)n(-c3ccccc3)c(=O)c12. The molecule has 0 bridgehead atoms. The van der Waals surface area contributed by atoms with Gasteiger partial charge in [-0.3, -0.25) is 14.0 Å². The Bertz CT molecular complexity index is 1840. The van der Waals surface area contributed by atoms with E-state index in [1.807, 2.05) is 73.5 Å². The van der Waals surface area contributed by atoms with Crippen molar-refractivity contribution in [2.24, 2.45) is 0 Å². The molecular weight excluding hydrogens is 504 g/mol. The highest BCUT2D eigenvalue weighted by Crippen LogP contribution is 2.33. The Morgan fingerprint density at radius 2 is 1.95 bits per heavy atom. The molecule has 6 rings (SSSR count). The molecule has 40 heavy (non-hydrogen) atoms. The molecule has 0 spiro atoms. The topological polar surface area (TPSA) is 114 Å². The Labute approximate surface area is 231 Å². The number of aromatic amines is 1. The first-order chi connectivity index (χ1) is 19.4. The lowest BCUT2D eigenvalue weighted by Gasteiger charge is -2.20. The molecule has 2 N–H and O–H groups in total. The van der Waals surface area contributed by atoms with E-state index in [1.54, 1.807) is 9.08 Å². The lowest BCUT2D eigenvalue weighted by Crippen LogP contribution is -2.29. The predicted octanol–water partition coefficient (Wildman–Crippen LogP) is 4.05. The number of nitrogens with zero attached hydrogens (tertiary/aromatic N) is 8. The van der Waals surface area contributed by atoms with Crippen molar-refractivity contribution in [2.75, 3.05) is 26.0 Å². The average molecular weight is 537 g/mol. The Morgan fingerprint density at radius 1 is 1.12 bits per heavy atom. The molecular formula is C29H32N10O. The molecule has 11 heteroatoms. The van der Waals surface area contributed by atoms with Crippen LogP contribution in [0.2, 0.25) is 0 Å². The maximum Gasteiger partial charge on any atom is 0.282 e. The van der Waals surface area contributed by atoms with Crippen LogP contribution in [0.4, 0.5) is 5.82 Å². The Balaban J connectivity index is 1.39. The zero-order valence-electron chi connectivity index (χ0n) is 23.0. The zero-order valence-corrected chi connectivity index (χ0v) is 23.0. The lowest BCUT2D eigenvalue weighted by molar-refractivity contribution is 0.380. The number of hydrogen-bond acceptors (Lipinski definition) is 7. The average Bonchev–Trinajstić information content (AvgIpc) is 3.68. The molecule has 0 fully saturated rings. The van der Waals surface area contributed by atoms with Gasteiger partial charge in [0.05, 0.1) is 23.3 Å². The second-order valence-corrected chi connectivity index (χ2v) is 10.3. The number of fused-ring (bicyclic) bond motifs is 2. The van der Waals surface area contributed by atoms with Crippen LogP contribution in [-0.4, -0.2) is 64.5 Å². The molecule has 0 saturated heterocycles. The number of para-hydroxylation sites is 1. The van der Waals surface area contributed by atoms with E-state index >= 15 is 0 Å². The molecule has 0 aliphatic heterocycles. The van der Waals surface area contributed by atoms with Crippen molar-refractivity contribution in [1.82, 2.24) is 43.8 Å². The maximum atomic E-state index is 13.7. The van der Waals surface area contributed by atoms with Gasteiger partial charge in [-0.2, -0.15) is 10.2 Å². The summed E-state index contributed by atoms with van der Waals surface area (Å²) >= 11 is 0. The number of benzene rings is 1. The summed E-state index contributed by atoms with van der Waals surface area (Å²) in [5, 5.41) is 13.8. The Kier molecular flexibility index (Phi) is 6.64. The van der Waals surface area contributed by atoms with Crippen LogP contribution in [0.3, 0.4) is 0 Å². The van der Waals surface area contributed by atoms with Crippen molar-refractivity contribution >= 4 is 22.4 Å². The molecule has 0 aliphatic rings. The summed E-state index contributed by atoms with van der Waals surface area (Å²) in [6.07, 6.45) is 10.2. The van der Waals surface area contributed by atoms with E-state index in [0.717, 1.165) is 47.3 Å². The van der Waals surface area contributed by atoms with Gasteiger partial charge in [0, 0.05) is 36.3 Å². The van der Waals surface area contributed by atoms with Gasteiger partial charge in [0.15, 0.2) is 5.82 Å². The largest absolute Gasteiger partial charge is 0.360 e. The van der Waals surface area contributed by atoms with Crippen LogP contribution >= 0.6 is 0 Å². The monoisotopic (exact) mass is 536 g/mol. The van der Waals surface area contributed by atoms with Crippen molar-refractivity contribution in [1.29, 1.82) is 0 Å². The third-order valence-electron chi connectivity index (χ3n) is 7.07. The highest BCUT2D eigenvalue weighted by molar-refractivity contribution is 6.00. The van der Waals surface area contributed by atoms with E-state index in [9.17, 15) is 4.79 Å². The normalized spacial score (nSPS) is 12.5. The number of H-pyrrole nitrogens is 1. The van der Waals surface area contributed by atoms with E-state index in [0.29, 0.717) is 22.8 Å². The fourth-order valence-electron chi connectivity index (χ4n) is 5.08. The van der Waals surface area contributed by atoms with Crippen LogP contribution in [0.15, 0.2) is 72.3 Å². The van der Waals surface area contributed by atoms with Crippen molar-refractivity contribution in [3.05, 3.63) is 89.3 Å². The zero-order chi connectivity index (χ0) is 27.8. The Hall–Kier alpha value is -4.77. The van der Waals surface area contributed by atoms with Crippen molar-refractivity contribution in [2.45, 2.75) is 32.9 Å². The number of hydrogen-bond donors (Lipinski definition) is 2. The van der Waals surface area contributed by atoms with Gasteiger partial charge in [-0.15, -0.1) is 0 Å². The van der Waals surface area contributed by atoms with Crippen LogP contribution in [0, 0.1) is 6.92 Å². The van der Waals surface area contributed by atoms with Gasteiger partial charge in [-0.25, -0.2) is 14.5 Å². The molecule has 11 nitrogen and oxygen atoms in total. The first-order valence-electron chi connectivity index (χ1n) is 13.3. The first-order valence-corrected chi connectivity index (χ1v) is 13.3. The summed E-state index contributed by atoms with van der Waals surface area (Å²) in [7, 11) is 4.14. The minimum absolute atomic E-state index is 0.121. The van der Waals surface area contributed by atoms with Crippen LogP contribution in [0.5, 0.6) is 0 Å². The molecule has 204 valence electrons. The molecule has 0 aliphatic carbocycles. The summed E-state index contributed by atoms with van der Waals surface area (Å²) in [5.41, 5.74) is 4.71. The second kappa shape index (κ2) is 10.4. The predicted molar refractivity (Wildman–Crippen MR) is 156 cm³/mol. The number of aromatic nitrogens is 8. The minimum Gasteiger partial charge on any atom is -0.360 e. The van der Waals surface area contributed by atoms with E-state index in [1.165, 1.54) is 6.33 Å². The van der Waals surface area contributed by atoms with Crippen LogP contribution in [0.25, 0.3) is 33.4 Å². The van der Waals surface area contributed by atoms with Crippen LogP contribution in [-0.2, 0) is 6.54 Å². The van der Waals surface area contributed by atoms with E-state index in [4.69, 9.17) is 5.10 Å². The smallest absolute Gasteiger partial charge is 0.282 e. The number of anilines is 1. The number of rotatable bonds is 9. The van der Waals surface area contributed by atoms with Crippen molar-refractivity contribution in [3.8, 4) is 16.8 Å². The maximum absolute atomic E-state index is 13.7. The lowest BCUT2D eigenvalue weighted by atomic mass is 10.1. The summed E-state index contributed by atoms with van der Waals surface area (Å²) in [6, 6.07) is 11.1. The molecule has 0 radical (unpaired) electrons. The number of nitrogens with one attached hydrogen (secondary N) is 2. The van der Waals surface area contributed by atoms with Gasteiger partial charge in [-0.1, -0.05) is 18.2 Å². The van der Waals surface area contributed by atoms with Gasteiger partial charge < -0.3 is 15.2 Å². The molecule has 0 saturated carbocycles. The fraction of sp³-hybridized carbons (Fsp3) is 0.276. The molecule has 5 aromatic heterocycles. The summed E-state index contributed by atoms with van der Waals surface area (Å²) in [4.78, 5) is 28.2. The van der Waals surface area contributed by atoms with Crippen LogP contribution < -0.4 is 10.9 Å². The third kappa shape index (κ3) is 4.64. The van der Waals surface area contributed by atoms with Crippen molar-refractivity contribution < 1.29 is 0 Å². The number of aryl methyl sites for hydroxylation is 2. The minimum atomic E-state index is -0.366. The van der Waals surface area contributed by atoms with Gasteiger partial charge in [0.1, 0.15) is 23.3 Å². The van der Waals surface area contributed by atoms with E-state index < -0.39 is 0 Å². The quantitative estimate of drug-likeness (QED) is 0.287. The van der Waals surface area contributed by atoms with Gasteiger partial charge in [0.2, 0.25) is 0 Å². The van der Waals surface area contributed by atoms with E-state index in [-0.39, 0.29) is 11.6 Å². The molecule has 5 heterocycles. The van der Waals surface area contributed by atoms with Crippen LogP contribution in [0.1, 0.15) is 30.8 Å². The summed E-state index contributed by atoms with van der Waals surface area (Å²) in [6.45, 7) is 5.73. The molecule has 0 amide bonds. The molecule has 6 aromatic rings. The third-order valence-corrected chi connectivity index (χ3v) is 7.07. The fourth-order valence-corrected chi connectivity index (χ4v) is 5.08. The second-order valence-electron chi connectivity index (χ2n) is 10.3. The highest BCUT2D eigenvalue weighted by atomic mass is 16.1. The standard InChI is InChI=1S/C29H32N10O/c1-19-11-14-38-25(19)29(40)39(22-9-6-5-7-10-22)28(35-38)20(2)34-27-24-23(16-30-26(24)31-18-32-27)21-15-33-37(17-21)13-8-12-36(3)4/h5-7,9-11,14-18,20H,8,12-13H2,1-4H3,(H2,30,31,32,34). The summed E-state index contributed by atoms with van der Waals surface area (Å²) in [5.74, 6) is 1.21. The van der Waals surface area contributed by atoms with Gasteiger partial charge in [0.25, 0.3) is 5.56 Å². The molecule has 1 unspecified atom stereocenters. The van der Waals surface area contributed by atoms with Gasteiger partial charge in [-0.05, 0) is 64.7 Å². The molecule has 1 aromatic carbocycles.